The average molecular weight is 421 g/mol. The Hall–Kier alpha value is -1.34. The van der Waals surface area contributed by atoms with Crippen LogP contribution in [0.25, 0.3) is 0 Å². The summed E-state index contributed by atoms with van der Waals surface area (Å²) in [6.45, 7) is 0. The van der Waals surface area contributed by atoms with Crippen molar-refractivity contribution in [3.05, 3.63) is 55.9 Å². The summed E-state index contributed by atoms with van der Waals surface area (Å²) >= 11 is 8.05. The van der Waals surface area contributed by atoms with E-state index in [2.05, 4.69) is 22.6 Å². The van der Waals surface area contributed by atoms with Gasteiger partial charge in [0.2, 0.25) is 0 Å². The first-order chi connectivity index (χ1) is 9.97. The summed E-state index contributed by atoms with van der Waals surface area (Å²) in [6.07, 6.45) is 0. The maximum absolute atomic E-state index is 14.1. The molecule has 0 saturated carbocycles. The van der Waals surface area contributed by atoms with Crippen LogP contribution in [0, 0.1) is 9.39 Å². The second kappa shape index (κ2) is 6.62. The molecular weight excluding hydrogens is 410 g/mol. The summed E-state index contributed by atoms with van der Waals surface area (Å²) in [5.41, 5.74) is 0.219. The van der Waals surface area contributed by atoms with Crippen LogP contribution in [0.4, 0.5) is 4.39 Å². The number of halogens is 3. The van der Waals surface area contributed by atoms with Crippen molar-refractivity contribution in [1.29, 1.82) is 0 Å². The van der Waals surface area contributed by atoms with Crippen LogP contribution in [0.2, 0.25) is 5.02 Å². The standard InChI is InChI=1S/C15H11ClFIO3/c1-20-13-6-9(11(17)7-14(13)21-2)15(19)8-3-4-12(18)10(16)5-8/h3-7H,1-2H3. The van der Waals surface area contributed by atoms with Crippen molar-refractivity contribution in [2.45, 2.75) is 0 Å². The molecule has 0 spiro atoms. The monoisotopic (exact) mass is 420 g/mol. The van der Waals surface area contributed by atoms with Crippen molar-refractivity contribution >= 4 is 40.0 Å². The first-order valence-corrected chi connectivity index (χ1v) is 7.35. The summed E-state index contributed by atoms with van der Waals surface area (Å²) in [4.78, 5) is 12.4. The second-order valence-electron chi connectivity index (χ2n) is 4.15. The summed E-state index contributed by atoms with van der Waals surface area (Å²) in [7, 11) is 2.82. The third-order valence-electron chi connectivity index (χ3n) is 2.90. The molecular formula is C15H11ClFIO3. The molecule has 0 heterocycles. The highest BCUT2D eigenvalue weighted by Gasteiger charge is 2.19. The summed E-state index contributed by atoms with van der Waals surface area (Å²) < 4.78 is 25.0. The van der Waals surface area contributed by atoms with Crippen molar-refractivity contribution in [2.75, 3.05) is 14.2 Å². The van der Waals surface area contributed by atoms with E-state index in [1.807, 2.05) is 0 Å². The molecule has 0 aliphatic heterocycles. The normalized spacial score (nSPS) is 10.3. The zero-order chi connectivity index (χ0) is 15.6. The Labute approximate surface area is 140 Å². The number of methoxy groups -OCH3 is 2. The Morgan fingerprint density at radius 1 is 1.14 bits per heavy atom. The zero-order valence-corrected chi connectivity index (χ0v) is 14.2. The fourth-order valence-corrected chi connectivity index (χ4v) is 2.34. The van der Waals surface area contributed by atoms with E-state index in [4.69, 9.17) is 21.1 Å². The summed E-state index contributed by atoms with van der Waals surface area (Å²) in [5, 5.41) is 0.447. The van der Waals surface area contributed by atoms with Crippen LogP contribution < -0.4 is 9.47 Å². The molecule has 2 aromatic rings. The fraction of sp³-hybridized carbons (Fsp3) is 0.133. The number of rotatable bonds is 4. The van der Waals surface area contributed by atoms with E-state index >= 15 is 0 Å². The van der Waals surface area contributed by atoms with Gasteiger partial charge in [0.1, 0.15) is 5.82 Å². The van der Waals surface area contributed by atoms with Crippen LogP contribution in [-0.4, -0.2) is 20.0 Å². The van der Waals surface area contributed by atoms with Crippen molar-refractivity contribution in [2.24, 2.45) is 0 Å². The molecule has 21 heavy (non-hydrogen) atoms. The number of carbonyl (C=O) groups excluding carboxylic acids is 1. The molecule has 2 rings (SSSR count). The van der Waals surface area contributed by atoms with E-state index in [0.29, 0.717) is 16.3 Å². The van der Waals surface area contributed by atoms with Gasteiger partial charge >= 0.3 is 0 Å². The summed E-state index contributed by atoms with van der Waals surface area (Å²) in [5.74, 6) is -0.620. The van der Waals surface area contributed by atoms with Crippen molar-refractivity contribution in [3.63, 3.8) is 0 Å². The Morgan fingerprint density at radius 3 is 2.33 bits per heavy atom. The van der Waals surface area contributed by atoms with Gasteiger partial charge in [-0.1, -0.05) is 11.6 Å². The molecule has 0 atom stereocenters. The molecule has 0 aliphatic carbocycles. The lowest BCUT2D eigenvalue weighted by Gasteiger charge is -2.10. The number of hydrogen-bond acceptors (Lipinski definition) is 3. The quantitative estimate of drug-likeness (QED) is 0.545. The molecule has 0 aliphatic rings. The molecule has 0 aromatic heterocycles. The SMILES string of the molecule is COc1cc(F)c(C(=O)c2ccc(I)c(Cl)c2)cc1OC. The number of carbonyl (C=O) groups is 1. The number of ether oxygens (including phenoxy) is 2. The van der Waals surface area contributed by atoms with Gasteiger partial charge in [0, 0.05) is 15.2 Å². The van der Waals surface area contributed by atoms with Gasteiger partial charge in [-0.2, -0.15) is 0 Å². The highest BCUT2D eigenvalue weighted by molar-refractivity contribution is 14.1. The molecule has 0 N–H and O–H groups in total. The van der Waals surface area contributed by atoms with Gasteiger partial charge in [0.25, 0.3) is 0 Å². The predicted octanol–water partition coefficient (Wildman–Crippen LogP) is 4.33. The van der Waals surface area contributed by atoms with Crippen molar-refractivity contribution < 1.29 is 18.7 Å². The molecule has 3 nitrogen and oxygen atoms in total. The summed E-state index contributed by atoms with van der Waals surface area (Å²) in [6, 6.07) is 7.27. The van der Waals surface area contributed by atoms with E-state index in [-0.39, 0.29) is 11.3 Å². The maximum Gasteiger partial charge on any atom is 0.196 e. The van der Waals surface area contributed by atoms with Gasteiger partial charge in [-0.15, -0.1) is 0 Å². The predicted molar refractivity (Wildman–Crippen MR) is 87.1 cm³/mol. The molecule has 0 bridgehead atoms. The van der Waals surface area contributed by atoms with Gasteiger partial charge < -0.3 is 9.47 Å². The smallest absolute Gasteiger partial charge is 0.196 e. The Kier molecular flexibility index (Phi) is 5.05. The lowest BCUT2D eigenvalue weighted by molar-refractivity contribution is 0.103. The molecule has 2 aromatic carbocycles. The molecule has 0 amide bonds. The first kappa shape index (κ1) is 16.0. The first-order valence-electron chi connectivity index (χ1n) is 5.89. The lowest BCUT2D eigenvalue weighted by Crippen LogP contribution is -2.06. The van der Waals surface area contributed by atoms with Gasteiger partial charge in [0.15, 0.2) is 17.3 Å². The minimum atomic E-state index is -0.674. The third-order valence-corrected chi connectivity index (χ3v) is 4.47. The lowest BCUT2D eigenvalue weighted by atomic mass is 10.0. The Balaban J connectivity index is 2.50. The fourth-order valence-electron chi connectivity index (χ4n) is 1.82. The molecule has 0 saturated heterocycles. The largest absolute Gasteiger partial charge is 0.493 e. The van der Waals surface area contributed by atoms with Crippen molar-refractivity contribution in [1.82, 2.24) is 0 Å². The van der Waals surface area contributed by atoms with Gasteiger partial charge in [-0.25, -0.2) is 4.39 Å². The molecule has 0 radical (unpaired) electrons. The molecule has 6 heteroatoms. The maximum atomic E-state index is 14.1. The van der Waals surface area contributed by atoms with Crippen LogP contribution in [0.1, 0.15) is 15.9 Å². The highest BCUT2D eigenvalue weighted by Crippen LogP contribution is 2.31. The van der Waals surface area contributed by atoms with Crippen LogP contribution in [0.15, 0.2) is 30.3 Å². The molecule has 0 unspecified atom stereocenters. The number of hydrogen-bond donors (Lipinski definition) is 0. The molecule has 110 valence electrons. The Morgan fingerprint density at radius 2 is 1.76 bits per heavy atom. The minimum Gasteiger partial charge on any atom is -0.493 e. The van der Waals surface area contributed by atoms with Crippen molar-refractivity contribution in [3.8, 4) is 11.5 Å². The van der Waals surface area contributed by atoms with Crippen LogP contribution >= 0.6 is 34.2 Å². The zero-order valence-electron chi connectivity index (χ0n) is 11.2. The van der Waals surface area contributed by atoms with E-state index in [1.165, 1.54) is 26.4 Å². The van der Waals surface area contributed by atoms with Gasteiger partial charge in [-0.05, 0) is 46.9 Å². The number of benzene rings is 2. The van der Waals surface area contributed by atoms with Crippen LogP contribution in [0.5, 0.6) is 11.5 Å². The van der Waals surface area contributed by atoms with Crippen LogP contribution in [-0.2, 0) is 0 Å². The second-order valence-corrected chi connectivity index (χ2v) is 5.71. The third kappa shape index (κ3) is 3.29. The van der Waals surface area contributed by atoms with Crippen LogP contribution in [0.3, 0.4) is 0 Å². The van der Waals surface area contributed by atoms with Gasteiger partial charge in [0.05, 0.1) is 24.8 Å². The Bertz CT molecular complexity index is 704. The van der Waals surface area contributed by atoms with E-state index in [1.54, 1.807) is 12.1 Å². The topological polar surface area (TPSA) is 35.5 Å². The minimum absolute atomic E-state index is 0.0927. The van der Waals surface area contributed by atoms with E-state index in [0.717, 1.165) is 9.64 Å². The number of ketones is 1. The van der Waals surface area contributed by atoms with E-state index in [9.17, 15) is 9.18 Å². The molecule has 0 fully saturated rings. The van der Waals surface area contributed by atoms with Gasteiger partial charge in [-0.3, -0.25) is 4.79 Å². The highest BCUT2D eigenvalue weighted by atomic mass is 127. The van der Waals surface area contributed by atoms with E-state index < -0.39 is 11.6 Å². The average Bonchev–Trinajstić information content (AvgIpc) is 2.49.